The molecule has 0 bridgehead atoms. The molecule has 68 valence electrons. The van der Waals surface area contributed by atoms with Crippen molar-refractivity contribution in [2.45, 2.75) is 0 Å². The fraction of sp³-hybridized carbons (Fsp3) is 0.125. The number of nitrogens with one attached hydrogen (secondary N) is 1. The summed E-state index contributed by atoms with van der Waals surface area (Å²) in [5.74, 6) is -0.764. The zero-order chi connectivity index (χ0) is 9.68. The van der Waals surface area contributed by atoms with Gasteiger partial charge in [0.15, 0.2) is 0 Å². The predicted octanol–water partition coefficient (Wildman–Crippen LogP) is 0.578. The molecule has 5 heteroatoms. The van der Waals surface area contributed by atoms with Gasteiger partial charge in [-0.05, 0) is 12.1 Å². The maximum absolute atomic E-state index is 11.1. The summed E-state index contributed by atoms with van der Waals surface area (Å²) < 4.78 is 4.33. The number of carbonyl (C=O) groups is 2. The highest BCUT2D eigenvalue weighted by Gasteiger charge is 2.11. The zero-order valence-corrected chi connectivity index (χ0v) is 6.98. The molecule has 1 heterocycles. The SMILES string of the molecule is CNC(=O)OC(=O)c1ccccn1. The van der Waals surface area contributed by atoms with E-state index < -0.39 is 12.1 Å². The minimum Gasteiger partial charge on any atom is -0.371 e. The second kappa shape index (κ2) is 4.20. The number of ether oxygens (including phenoxy) is 1. The Morgan fingerprint density at radius 2 is 2.23 bits per heavy atom. The number of amides is 1. The quantitative estimate of drug-likeness (QED) is 0.507. The van der Waals surface area contributed by atoms with E-state index >= 15 is 0 Å². The van der Waals surface area contributed by atoms with E-state index in [0.717, 1.165) is 0 Å². The summed E-state index contributed by atoms with van der Waals surface area (Å²) in [6.07, 6.45) is 0.649. The van der Waals surface area contributed by atoms with Crippen LogP contribution >= 0.6 is 0 Å². The van der Waals surface area contributed by atoms with E-state index in [9.17, 15) is 9.59 Å². The largest absolute Gasteiger partial charge is 0.414 e. The molecule has 1 aromatic rings. The highest BCUT2D eigenvalue weighted by atomic mass is 16.6. The van der Waals surface area contributed by atoms with Gasteiger partial charge in [0.1, 0.15) is 5.69 Å². The van der Waals surface area contributed by atoms with Crippen LogP contribution in [-0.2, 0) is 4.74 Å². The normalized spacial score (nSPS) is 9.00. The standard InChI is InChI=1S/C8H8N2O3/c1-9-8(12)13-7(11)6-4-2-3-5-10-6/h2-5H,1H3,(H,9,12). The molecule has 0 aliphatic heterocycles. The van der Waals surface area contributed by atoms with Gasteiger partial charge >= 0.3 is 12.1 Å². The lowest BCUT2D eigenvalue weighted by Crippen LogP contribution is -2.23. The Bertz CT molecular complexity index is 310. The lowest BCUT2D eigenvalue weighted by molar-refractivity contribution is 0.0619. The van der Waals surface area contributed by atoms with Crippen molar-refractivity contribution >= 4 is 12.1 Å². The number of nitrogens with zero attached hydrogens (tertiary/aromatic N) is 1. The molecular formula is C8H8N2O3. The number of hydrogen-bond acceptors (Lipinski definition) is 4. The molecule has 0 radical (unpaired) electrons. The molecule has 1 amide bonds. The molecule has 0 aliphatic rings. The van der Waals surface area contributed by atoms with Gasteiger partial charge in [0, 0.05) is 13.2 Å². The maximum atomic E-state index is 11.1. The van der Waals surface area contributed by atoms with E-state index in [1.807, 2.05) is 0 Å². The van der Waals surface area contributed by atoms with Crippen LogP contribution in [-0.4, -0.2) is 24.1 Å². The van der Waals surface area contributed by atoms with Gasteiger partial charge in [-0.3, -0.25) is 0 Å². The Balaban J connectivity index is 2.65. The molecule has 0 atom stereocenters. The van der Waals surface area contributed by atoms with Crippen molar-refractivity contribution < 1.29 is 14.3 Å². The van der Waals surface area contributed by atoms with Crippen LogP contribution in [0.5, 0.6) is 0 Å². The maximum Gasteiger partial charge on any atom is 0.414 e. The third-order valence-electron chi connectivity index (χ3n) is 1.26. The molecule has 5 nitrogen and oxygen atoms in total. The van der Waals surface area contributed by atoms with Crippen LogP contribution in [0.15, 0.2) is 24.4 Å². The van der Waals surface area contributed by atoms with Crippen LogP contribution in [0.2, 0.25) is 0 Å². The zero-order valence-electron chi connectivity index (χ0n) is 6.98. The van der Waals surface area contributed by atoms with Gasteiger partial charge < -0.3 is 10.1 Å². The second-order valence-corrected chi connectivity index (χ2v) is 2.14. The third kappa shape index (κ3) is 2.55. The van der Waals surface area contributed by atoms with Crippen molar-refractivity contribution in [3.63, 3.8) is 0 Å². The summed E-state index contributed by atoms with van der Waals surface area (Å²) in [5.41, 5.74) is 0.103. The molecule has 1 rings (SSSR count). The predicted molar refractivity (Wildman–Crippen MR) is 44.1 cm³/mol. The van der Waals surface area contributed by atoms with Crippen molar-refractivity contribution in [2.75, 3.05) is 7.05 Å². The first-order chi connectivity index (χ1) is 6.24. The molecule has 0 unspecified atom stereocenters. The number of hydrogen-bond donors (Lipinski definition) is 1. The van der Waals surface area contributed by atoms with Crippen LogP contribution < -0.4 is 5.32 Å². The van der Waals surface area contributed by atoms with Crippen LogP contribution in [0.1, 0.15) is 10.5 Å². The number of aromatic nitrogens is 1. The third-order valence-corrected chi connectivity index (χ3v) is 1.26. The van der Waals surface area contributed by atoms with E-state index in [1.54, 1.807) is 12.1 Å². The minimum atomic E-state index is -0.796. The smallest absolute Gasteiger partial charge is 0.371 e. The van der Waals surface area contributed by atoms with E-state index in [-0.39, 0.29) is 5.69 Å². The van der Waals surface area contributed by atoms with E-state index in [1.165, 1.54) is 19.3 Å². The van der Waals surface area contributed by atoms with Gasteiger partial charge in [0.2, 0.25) is 0 Å². The first-order valence-electron chi connectivity index (χ1n) is 3.59. The van der Waals surface area contributed by atoms with Crippen LogP contribution in [0.3, 0.4) is 0 Å². The van der Waals surface area contributed by atoms with Gasteiger partial charge in [0.05, 0.1) is 0 Å². The van der Waals surface area contributed by atoms with Gasteiger partial charge in [-0.25, -0.2) is 14.6 Å². The van der Waals surface area contributed by atoms with Crippen LogP contribution in [0.25, 0.3) is 0 Å². The van der Waals surface area contributed by atoms with Gasteiger partial charge in [0.25, 0.3) is 0 Å². The Morgan fingerprint density at radius 1 is 1.46 bits per heavy atom. The first-order valence-corrected chi connectivity index (χ1v) is 3.59. The first kappa shape index (κ1) is 9.18. The second-order valence-electron chi connectivity index (χ2n) is 2.14. The molecule has 0 aliphatic carbocycles. The number of rotatable bonds is 1. The molecule has 0 saturated carbocycles. The van der Waals surface area contributed by atoms with Gasteiger partial charge in [-0.1, -0.05) is 6.07 Å². The van der Waals surface area contributed by atoms with Crippen LogP contribution in [0.4, 0.5) is 4.79 Å². The lowest BCUT2D eigenvalue weighted by Gasteiger charge is -1.99. The Morgan fingerprint density at radius 3 is 2.77 bits per heavy atom. The van der Waals surface area contributed by atoms with Gasteiger partial charge in [-0.2, -0.15) is 0 Å². The van der Waals surface area contributed by atoms with Crippen molar-refractivity contribution in [2.24, 2.45) is 0 Å². The number of pyridine rings is 1. The molecule has 0 fully saturated rings. The molecule has 1 N–H and O–H groups in total. The molecular weight excluding hydrogens is 172 g/mol. The van der Waals surface area contributed by atoms with Crippen molar-refractivity contribution in [1.82, 2.24) is 10.3 Å². The average Bonchev–Trinajstić information content (AvgIpc) is 2.19. The van der Waals surface area contributed by atoms with Crippen LogP contribution in [0, 0.1) is 0 Å². The van der Waals surface area contributed by atoms with Crippen molar-refractivity contribution in [3.8, 4) is 0 Å². The summed E-state index contributed by atoms with van der Waals surface area (Å²) >= 11 is 0. The van der Waals surface area contributed by atoms with Crippen molar-refractivity contribution in [1.29, 1.82) is 0 Å². The Kier molecular flexibility index (Phi) is 2.97. The molecule has 13 heavy (non-hydrogen) atoms. The highest BCUT2D eigenvalue weighted by molar-refractivity contribution is 5.94. The van der Waals surface area contributed by atoms with E-state index in [2.05, 4.69) is 15.0 Å². The molecule has 1 aromatic heterocycles. The minimum absolute atomic E-state index is 0.103. The molecule has 0 saturated heterocycles. The lowest BCUT2D eigenvalue weighted by atomic mass is 10.4. The van der Waals surface area contributed by atoms with E-state index in [0.29, 0.717) is 0 Å². The summed E-state index contributed by atoms with van der Waals surface area (Å²) in [7, 11) is 1.37. The van der Waals surface area contributed by atoms with Gasteiger partial charge in [-0.15, -0.1) is 0 Å². The van der Waals surface area contributed by atoms with E-state index in [4.69, 9.17) is 0 Å². The number of esters is 1. The van der Waals surface area contributed by atoms with Crippen molar-refractivity contribution in [3.05, 3.63) is 30.1 Å². The Labute approximate surface area is 74.7 Å². The fourth-order valence-electron chi connectivity index (χ4n) is 0.671. The molecule has 0 spiro atoms. The highest BCUT2D eigenvalue weighted by Crippen LogP contribution is 1.96. The Hall–Kier alpha value is -1.91. The summed E-state index contributed by atoms with van der Waals surface area (Å²) in [5, 5.41) is 2.16. The topological polar surface area (TPSA) is 68.3 Å². The average molecular weight is 180 g/mol. The summed E-state index contributed by atoms with van der Waals surface area (Å²) in [4.78, 5) is 25.4. The summed E-state index contributed by atoms with van der Waals surface area (Å²) in [6, 6.07) is 4.76. The number of carbonyl (C=O) groups excluding carboxylic acids is 2. The summed E-state index contributed by atoms with van der Waals surface area (Å²) in [6.45, 7) is 0. The fourth-order valence-corrected chi connectivity index (χ4v) is 0.671. The monoisotopic (exact) mass is 180 g/mol. The molecule has 0 aromatic carbocycles. The number of alkyl carbamates (subject to hydrolysis) is 1.